The molecular formula is C57H35BN4O. The molecule has 12 rings (SSSR count). The van der Waals surface area contributed by atoms with Crippen LogP contribution in [0.4, 0.5) is 34.1 Å². The Hall–Kier alpha value is -8.58. The summed E-state index contributed by atoms with van der Waals surface area (Å²) in [5.74, 6) is 0. The Balaban J connectivity index is 1.09. The third kappa shape index (κ3) is 5.77. The van der Waals surface area contributed by atoms with Gasteiger partial charge < -0.3 is 14.2 Å². The molecule has 2 aliphatic rings. The molecule has 1 aromatic heterocycles. The van der Waals surface area contributed by atoms with E-state index in [0.29, 0.717) is 5.56 Å². The van der Waals surface area contributed by atoms with Gasteiger partial charge in [0, 0.05) is 50.5 Å². The zero-order chi connectivity index (χ0) is 42.0. The molecule has 63 heavy (non-hydrogen) atoms. The van der Waals surface area contributed by atoms with Crippen molar-refractivity contribution in [1.29, 1.82) is 5.26 Å². The molecule has 1 atom stereocenters. The predicted molar refractivity (Wildman–Crippen MR) is 259 cm³/mol. The first-order valence-corrected chi connectivity index (χ1v) is 21.2. The molecular weight excluding hydrogens is 767 g/mol. The standard InChI is InChI=1S/C57H35BN4O/c1-60-50(36-59)42-34-53-56-54(35-42)62(44-30-25-40(26-31-44)45-18-12-19-47-46-17-8-11-22-55(46)63-57(45)47)52-32-27-41(38-15-6-3-7-16-38)33-49(52)58(56)48-20-9-10-21-51(48)61(53)43-28-23-39(24-29-43)37-13-4-2-5-14-37/h2-35,50H. The lowest BCUT2D eigenvalue weighted by Gasteiger charge is -2.44. The second-order valence-electron chi connectivity index (χ2n) is 16.2. The second-order valence-corrected chi connectivity index (χ2v) is 16.2. The van der Waals surface area contributed by atoms with Crippen LogP contribution in [0, 0.1) is 17.9 Å². The van der Waals surface area contributed by atoms with Gasteiger partial charge >= 0.3 is 6.04 Å². The summed E-state index contributed by atoms with van der Waals surface area (Å²) in [5.41, 5.74) is 18.5. The van der Waals surface area contributed by atoms with Crippen molar-refractivity contribution in [3.63, 3.8) is 0 Å². The smallest absolute Gasteiger partial charge is 0.332 e. The normalized spacial score (nSPS) is 12.9. The maximum Gasteiger partial charge on any atom is 0.332 e. The third-order valence-corrected chi connectivity index (χ3v) is 12.7. The molecule has 0 amide bonds. The molecule has 0 saturated heterocycles. The van der Waals surface area contributed by atoms with Crippen LogP contribution in [0.1, 0.15) is 11.6 Å². The predicted octanol–water partition coefficient (Wildman–Crippen LogP) is 13.2. The molecule has 0 saturated carbocycles. The fraction of sp³-hybridized carbons (Fsp3) is 0.0175. The molecule has 3 heterocycles. The monoisotopic (exact) mass is 802 g/mol. The number of nitriles is 1. The number of hydrogen-bond acceptors (Lipinski definition) is 4. The van der Waals surface area contributed by atoms with Crippen molar-refractivity contribution in [2.75, 3.05) is 9.80 Å². The van der Waals surface area contributed by atoms with Crippen LogP contribution in [-0.4, -0.2) is 6.71 Å². The number of anilines is 6. The summed E-state index contributed by atoms with van der Waals surface area (Å²) in [6, 6.07) is 73.9. The quantitative estimate of drug-likeness (QED) is 0.124. The van der Waals surface area contributed by atoms with E-state index in [1.54, 1.807) is 0 Å². The molecule has 0 aliphatic carbocycles. The molecule has 0 radical (unpaired) electrons. The lowest BCUT2D eigenvalue weighted by Crippen LogP contribution is -2.61. The van der Waals surface area contributed by atoms with Crippen LogP contribution < -0.4 is 26.2 Å². The SMILES string of the molecule is [C-]#[N+]C(C#N)c1cc2c3c(c1)N(c1ccc(-c4cccc5c4oc4ccccc45)cc1)c1ccc(-c4ccccc4)cc1B3c1ccccc1N2c1ccc(-c2ccccc2)cc1. The van der Waals surface area contributed by atoms with Gasteiger partial charge in [-0.1, -0.05) is 152 Å². The van der Waals surface area contributed by atoms with Gasteiger partial charge in [0.25, 0.3) is 6.71 Å². The Morgan fingerprint density at radius 3 is 1.73 bits per heavy atom. The van der Waals surface area contributed by atoms with E-state index in [1.165, 1.54) is 10.9 Å². The summed E-state index contributed by atoms with van der Waals surface area (Å²) in [5, 5.41) is 12.6. The Bertz CT molecular complexity index is 3480. The van der Waals surface area contributed by atoms with E-state index in [1.807, 2.05) is 24.3 Å². The Labute approximate surface area is 365 Å². The van der Waals surface area contributed by atoms with Crippen molar-refractivity contribution in [2.24, 2.45) is 0 Å². The zero-order valence-electron chi connectivity index (χ0n) is 34.0. The topological polar surface area (TPSA) is 47.8 Å². The maximum atomic E-state index is 10.4. The van der Waals surface area contributed by atoms with E-state index in [-0.39, 0.29) is 6.71 Å². The van der Waals surface area contributed by atoms with Gasteiger partial charge in [0.2, 0.25) is 0 Å². The molecule has 10 aromatic rings. The molecule has 6 heteroatoms. The minimum atomic E-state index is -0.986. The highest BCUT2D eigenvalue weighted by atomic mass is 16.3. The molecule has 0 bridgehead atoms. The first-order chi connectivity index (χ1) is 31.2. The van der Waals surface area contributed by atoms with Gasteiger partial charge in [-0.2, -0.15) is 5.26 Å². The number of fused-ring (bicyclic) bond motifs is 7. The van der Waals surface area contributed by atoms with E-state index in [4.69, 9.17) is 11.0 Å². The van der Waals surface area contributed by atoms with Crippen molar-refractivity contribution in [1.82, 2.24) is 0 Å². The van der Waals surface area contributed by atoms with Gasteiger partial charge in [-0.15, -0.1) is 0 Å². The lowest BCUT2D eigenvalue weighted by atomic mass is 9.33. The van der Waals surface area contributed by atoms with E-state index < -0.39 is 6.04 Å². The van der Waals surface area contributed by atoms with Crippen LogP contribution in [0.2, 0.25) is 0 Å². The highest BCUT2D eigenvalue weighted by Crippen LogP contribution is 2.47. The molecule has 1 unspecified atom stereocenters. The van der Waals surface area contributed by atoms with Gasteiger partial charge in [-0.25, -0.2) is 6.57 Å². The van der Waals surface area contributed by atoms with Gasteiger partial charge in [0.05, 0.1) is 5.56 Å². The zero-order valence-corrected chi connectivity index (χ0v) is 34.0. The van der Waals surface area contributed by atoms with Gasteiger partial charge in [0.1, 0.15) is 11.2 Å². The van der Waals surface area contributed by atoms with Crippen molar-refractivity contribution < 1.29 is 4.42 Å². The minimum absolute atomic E-state index is 0.131. The number of furan rings is 1. The van der Waals surface area contributed by atoms with Crippen LogP contribution in [0.15, 0.2) is 211 Å². The highest BCUT2D eigenvalue weighted by molar-refractivity contribution is 7.00. The lowest BCUT2D eigenvalue weighted by molar-refractivity contribution is 0.670. The average molecular weight is 803 g/mol. The van der Waals surface area contributed by atoms with Crippen molar-refractivity contribution >= 4 is 79.2 Å². The Kier molecular flexibility index (Phi) is 8.39. The molecule has 292 valence electrons. The summed E-state index contributed by atoms with van der Waals surface area (Å²) in [7, 11) is 0. The fourth-order valence-corrected chi connectivity index (χ4v) is 9.87. The fourth-order valence-electron chi connectivity index (χ4n) is 9.87. The number of para-hydroxylation sites is 3. The van der Waals surface area contributed by atoms with Gasteiger partial charge in [0.15, 0.2) is 6.07 Å². The summed E-state index contributed by atoms with van der Waals surface area (Å²) >= 11 is 0. The third-order valence-electron chi connectivity index (χ3n) is 12.7. The van der Waals surface area contributed by atoms with E-state index in [0.717, 1.165) is 94.9 Å². The number of rotatable bonds is 6. The number of benzene rings is 9. The minimum Gasteiger partial charge on any atom is -0.455 e. The van der Waals surface area contributed by atoms with E-state index in [9.17, 15) is 5.26 Å². The first kappa shape index (κ1) is 36.3. The van der Waals surface area contributed by atoms with Crippen LogP contribution in [0.5, 0.6) is 0 Å². The summed E-state index contributed by atoms with van der Waals surface area (Å²) in [6.07, 6.45) is 0. The maximum absolute atomic E-state index is 10.4. The van der Waals surface area contributed by atoms with Crippen LogP contribution in [0.3, 0.4) is 0 Å². The summed E-state index contributed by atoms with van der Waals surface area (Å²) in [4.78, 5) is 8.49. The summed E-state index contributed by atoms with van der Waals surface area (Å²) in [6.45, 7) is 8.03. The Morgan fingerprint density at radius 1 is 0.492 bits per heavy atom. The van der Waals surface area contributed by atoms with Crippen LogP contribution in [-0.2, 0) is 0 Å². The van der Waals surface area contributed by atoms with Crippen LogP contribution in [0.25, 0.3) is 60.2 Å². The first-order valence-electron chi connectivity index (χ1n) is 21.2. The number of hydrogen-bond donors (Lipinski definition) is 0. The molecule has 0 spiro atoms. The molecule has 0 fully saturated rings. The molecule has 2 aliphatic heterocycles. The van der Waals surface area contributed by atoms with Crippen molar-refractivity contribution in [2.45, 2.75) is 6.04 Å². The van der Waals surface area contributed by atoms with Gasteiger partial charge in [-0.05, 0) is 98.8 Å². The molecule has 0 N–H and O–H groups in total. The summed E-state index contributed by atoms with van der Waals surface area (Å²) < 4.78 is 6.46. The van der Waals surface area contributed by atoms with Crippen molar-refractivity contribution in [3.8, 4) is 39.4 Å². The highest BCUT2D eigenvalue weighted by Gasteiger charge is 2.44. The largest absolute Gasteiger partial charge is 0.455 e. The number of nitrogens with zero attached hydrogens (tertiary/aromatic N) is 4. The van der Waals surface area contributed by atoms with E-state index >= 15 is 0 Å². The molecule has 9 aromatic carbocycles. The average Bonchev–Trinajstić information content (AvgIpc) is 3.74. The van der Waals surface area contributed by atoms with Crippen LogP contribution >= 0.6 is 0 Å². The Morgan fingerprint density at radius 2 is 1.05 bits per heavy atom. The van der Waals surface area contributed by atoms with E-state index in [2.05, 4.69) is 203 Å². The molecule has 5 nitrogen and oxygen atoms in total. The van der Waals surface area contributed by atoms with Gasteiger partial charge in [-0.3, -0.25) is 4.85 Å². The second kappa shape index (κ2) is 14.6. The van der Waals surface area contributed by atoms with Crippen molar-refractivity contribution in [3.05, 3.63) is 223 Å².